The lowest BCUT2D eigenvalue weighted by molar-refractivity contribution is 0.186. The molecule has 0 aliphatic carbocycles. The highest BCUT2D eigenvalue weighted by atomic mass is 32.2. The average Bonchev–Trinajstić information content (AvgIpc) is 2.37. The maximum absolute atomic E-state index is 14.3. The summed E-state index contributed by atoms with van der Waals surface area (Å²) >= 11 is 0. The SMILES string of the molecule is CC1(C)CCCN(S(=O)(=O)c2ccc(F)c(CN)c2F)C1. The second-order valence-corrected chi connectivity index (χ2v) is 8.05. The molecule has 4 nitrogen and oxygen atoms in total. The molecule has 118 valence electrons. The van der Waals surface area contributed by atoms with E-state index in [2.05, 4.69) is 0 Å². The van der Waals surface area contributed by atoms with E-state index in [9.17, 15) is 17.2 Å². The first-order chi connectivity index (χ1) is 9.69. The lowest BCUT2D eigenvalue weighted by Gasteiger charge is -2.37. The van der Waals surface area contributed by atoms with Gasteiger partial charge in [0.25, 0.3) is 0 Å². The Balaban J connectivity index is 2.45. The first-order valence-corrected chi connectivity index (χ1v) is 8.30. The molecular weight excluding hydrogens is 298 g/mol. The molecule has 1 aromatic rings. The van der Waals surface area contributed by atoms with E-state index in [1.807, 2.05) is 13.8 Å². The van der Waals surface area contributed by atoms with Gasteiger partial charge in [-0.1, -0.05) is 13.8 Å². The van der Waals surface area contributed by atoms with Gasteiger partial charge < -0.3 is 5.73 Å². The van der Waals surface area contributed by atoms with Gasteiger partial charge in [-0.15, -0.1) is 0 Å². The zero-order valence-corrected chi connectivity index (χ0v) is 13.0. The monoisotopic (exact) mass is 318 g/mol. The van der Waals surface area contributed by atoms with Gasteiger partial charge in [0.1, 0.15) is 10.7 Å². The third kappa shape index (κ3) is 3.09. The fourth-order valence-electron chi connectivity index (χ4n) is 2.68. The van der Waals surface area contributed by atoms with E-state index < -0.39 is 32.1 Å². The normalized spacial score (nSPS) is 19.7. The van der Waals surface area contributed by atoms with Gasteiger partial charge in [0.15, 0.2) is 5.82 Å². The van der Waals surface area contributed by atoms with E-state index in [0.717, 1.165) is 25.0 Å². The average molecular weight is 318 g/mol. The predicted molar refractivity (Wildman–Crippen MR) is 76.0 cm³/mol. The quantitative estimate of drug-likeness (QED) is 0.929. The summed E-state index contributed by atoms with van der Waals surface area (Å²) in [6, 6.07) is 1.92. The van der Waals surface area contributed by atoms with Gasteiger partial charge in [-0.25, -0.2) is 17.2 Å². The van der Waals surface area contributed by atoms with E-state index in [1.165, 1.54) is 4.31 Å². The zero-order chi connectivity index (χ0) is 15.8. The number of halogens is 2. The molecule has 2 N–H and O–H groups in total. The van der Waals surface area contributed by atoms with Crippen molar-refractivity contribution in [2.75, 3.05) is 13.1 Å². The Kier molecular flexibility index (Phi) is 4.37. The molecule has 0 saturated carbocycles. The second kappa shape index (κ2) is 5.62. The Morgan fingerprint density at radius 1 is 1.33 bits per heavy atom. The summed E-state index contributed by atoms with van der Waals surface area (Å²) in [7, 11) is -3.98. The standard InChI is InChI=1S/C14H20F2N2O2S/c1-14(2)6-3-7-18(9-14)21(19,20)12-5-4-11(15)10(8-17)13(12)16/h4-5H,3,6-9,17H2,1-2H3. The molecule has 0 radical (unpaired) electrons. The van der Waals surface area contributed by atoms with Crippen molar-refractivity contribution in [2.45, 2.75) is 38.1 Å². The summed E-state index contributed by atoms with van der Waals surface area (Å²) in [5.41, 5.74) is 4.75. The van der Waals surface area contributed by atoms with Crippen LogP contribution in [0.5, 0.6) is 0 Å². The lowest BCUT2D eigenvalue weighted by Crippen LogP contribution is -2.43. The Morgan fingerprint density at radius 3 is 2.57 bits per heavy atom. The zero-order valence-electron chi connectivity index (χ0n) is 12.2. The molecule has 21 heavy (non-hydrogen) atoms. The third-order valence-electron chi connectivity index (χ3n) is 3.84. The molecule has 0 spiro atoms. The molecule has 2 rings (SSSR count). The Bertz CT molecular complexity index is 645. The summed E-state index contributed by atoms with van der Waals surface area (Å²) in [6.45, 7) is 4.24. The van der Waals surface area contributed by atoms with Crippen LogP contribution in [0.4, 0.5) is 8.78 Å². The number of nitrogens with zero attached hydrogens (tertiary/aromatic N) is 1. The minimum absolute atomic E-state index is 0.154. The fraction of sp³-hybridized carbons (Fsp3) is 0.571. The van der Waals surface area contributed by atoms with Crippen molar-refractivity contribution in [3.05, 3.63) is 29.3 Å². The second-order valence-electron chi connectivity index (χ2n) is 6.15. The van der Waals surface area contributed by atoms with Crippen LogP contribution in [0, 0.1) is 17.0 Å². The van der Waals surface area contributed by atoms with Gasteiger partial charge in [0.05, 0.1) is 0 Å². The number of sulfonamides is 1. The first-order valence-electron chi connectivity index (χ1n) is 6.86. The number of hydrogen-bond donors (Lipinski definition) is 1. The van der Waals surface area contributed by atoms with Crippen molar-refractivity contribution in [2.24, 2.45) is 11.1 Å². The Labute approximate surface area is 124 Å². The van der Waals surface area contributed by atoms with Crippen molar-refractivity contribution in [1.29, 1.82) is 0 Å². The van der Waals surface area contributed by atoms with E-state index in [0.29, 0.717) is 13.1 Å². The first kappa shape index (κ1) is 16.3. The molecule has 0 aromatic heterocycles. The highest BCUT2D eigenvalue weighted by Crippen LogP contribution is 2.33. The van der Waals surface area contributed by atoms with E-state index in [4.69, 9.17) is 5.73 Å². The highest BCUT2D eigenvalue weighted by Gasteiger charge is 2.36. The van der Waals surface area contributed by atoms with Gasteiger partial charge in [0.2, 0.25) is 10.0 Å². The lowest BCUT2D eigenvalue weighted by atomic mass is 9.85. The predicted octanol–water partition coefficient (Wildman–Crippen LogP) is 2.23. The van der Waals surface area contributed by atoms with Crippen LogP contribution in [0.2, 0.25) is 0 Å². The van der Waals surface area contributed by atoms with Crippen molar-refractivity contribution in [3.63, 3.8) is 0 Å². The van der Waals surface area contributed by atoms with Crippen LogP contribution in [0.1, 0.15) is 32.3 Å². The smallest absolute Gasteiger partial charge is 0.246 e. The number of rotatable bonds is 3. The molecule has 0 atom stereocenters. The molecule has 7 heteroatoms. The third-order valence-corrected chi connectivity index (χ3v) is 5.70. The van der Waals surface area contributed by atoms with Crippen LogP contribution in [-0.4, -0.2) is 25.8 Å². The molecule has 0 bridgehead atoms. The molecular formula is C14H20F2N2O2S. The van der Waals surface area contributed by atoms with Gasteiger partial charge in [0, 0.05) is 25.2 Å². The number of hydrogen-bond acceptors (Lipinski definition) is 3. The summed E-state index contributed by atoms with van der Waals surface area (Å²) in [5.74, 6) is -1.91. The Hall–Kier alpha value is -1.05. The van der Waals surface area contributed by atoms with E-state index in [1.54, 1.807) is 0 Å². The molecule has 0 unspecified atom stereocenters. The van der Waals surface area contributed by atoms with Crippen molar-refractivity contribution in [1.82, 2.24) is 4.31 Å². The van der Waals surface area contributed by atoms with E-state index in [-0.39, 0.29) is 12.0 Å². The maximum atomic E-state index is 14.3. The van der Waals surface area contributed by atoms with Gasteiger partial charge >= 0.3 is 0 Å². The topological polar surface area (TPSA) is 63.4 Å². The molecule has 1 aliphatic heterocycles. The van der Waals surface area contributed by atoms with Crippen LogP contribution < -0.4 is 5.73 Å². The van der Waals surface area contributed by atoms with E-state index >= 15 is 0 Å². The Morgan fingerprint density at radius 2 is 2.00 bits per heavy atom. The molecule has 1 aromatic carbocycles. The number of piperidine rings is 1. The van der Waals surface area contributed by atoms with Crippen LogP contribution in [-0.2, 0) is 16.6 Å². The van der Waals surface area contributed by atoms with Crippen molar-refractivity contribution >= 4 is 10.0 Å². The molecule has 0 amide bonds. The van der Waals surface area contributed by atoms with Crippen LogP contribution >= 0.6 is 0 Å². The van der Waals surface area contributed by atoms with Crippen molar-refractivity contribution < 1.29 is 17.2 Å². The number of nitrogens with two attached hydrogens (primary N) is 1. The number of benzene rings is 1. The molecule has 1 fully saturated rings. The van der Waals surface area contributed by atoms with Gasteiger partial charge in [-0.2, -0.15) is 4.31 Å². The highest BCUT2D eigenvalue weighted by molar-refractivity contribution is 7.89. The van der Waals surface area contributed by atoms with Crippen LogP contribution in [0.15, 0.2) is 17.0 Å². The van der Waals surface area contributed by atoms with Gasteiger partial charge in [-0.3, -0.25) is 0 Å². The summed E-state index contributed by atoms with van der Waals surface area (Å²) in [5, 5.41) is 0. The maximum Gasteiger partial charge on any atom is 0.246 e. The summed E-state index contributed by atoms with van der Waals surface area (Å²) < 4.78 is 54.2. The largest absolute Gasteiger partial charge is 0.326 e. The fourth-order valence-corrected chi connectivity index (χ4v) is 4.43. The summed E-state index contributed by atoms with van der Waals surface area (Å²) in [6.07, 6.45) is 1.64. The minimum atomic E-state index is -3.98. The molecule has 1 saturated heterocycles. The van der Waals surface area contributed by atoms with Crippen molar-refractivity contribution in [3.8, 4) is 0 Å². The molecule has 1 aliphatic rings. The van der Waals surface area contributed by atoms with Gasteiger partial charge in [-0.05, 0) is 30.4 Å². The molecule has 1 heterocycles. The van der Waals surface area contributed by atoms with Crippen LogP contribution in [0.25, 0.3) is 0 Å². The minimum Gasteiger partial charge on any atom is -0.326 e. The summed E-state index contributed by atoms with van der Waals surface area (Å²) in [4.78, 5) is -0.498. The van der Waals surface area contributed by atoms with Crippen LogP contribution in [0.3, 0.4) is 0 Å².